The highest BCUT2D eigenvalue weighted by Crippen LogP contribution is 2.45. The zero-order chi connectivity index (χ0) is 24.3. The van der Waals surface area contributed by atoms with Gasteiger partial charge in [-0.25, -0.2) is 4.79 Å². The molecule has 0 fully saturated rings. The van der Waals surface area contributed by atoms with Crippen LogP contribution in [0.15, 0.2) is 30.3 Å². The second kappa shape index (κ2) is 10.7. The fourth-order valence-electron chi connectivity index (χ4n) is 3.35. The number of ether oxygens (including phenoxy) is 1. The van der Waals surface area contributed by atoms with Crippen LogP contribution in [0.4, 0.5) is 5.69 Å². The number of carbonyl (C=O) groups excluding carboxylic acids is 4. The van der Waals surface area contributed by atoms with E-state index in [9.17, 15) is 19.2 Å². The van der Waals surface area contributed by atoms with Crippen molar-refractivity contribution < 1.29 is 23.9 Å². The van der Waals surface area contributed by atoms with Gasteiger partial charge < -0.3 is 10.1 Å². The van der Waals surface area contributed by atoms with Crippen molar-refractivity contribution in [3.63, 3.8) is 0 Å². The van der Waals surface area contributed by atoms with Crippen molar-refractivity contribution in [3.05, 3.63) is 61.5 Å². The normalized spacial score (nSPS) is 13.7. The summed E-state index contributed by atoms with van der Waals surface area (Å²) in [6.07, 6.45) is 1.31. The van der Waals surface area contributed by atoms with Crippen molar-refractivity contribution in [2.24, 2.45) is 0 Å². The van der Waals surface area contributed by atoms with E-state index >= 15 is 0 Å². The van der Waals surface area contributed by atoms with Crippen LogP contribution < -0.4 is 5.32 Å². The minimum absolute atomic E-state index is 0.123. The van der Waals surface area contributed by atoms with E-state index in [0.29, 0.717) is 18.5 Å². The highest BCUT2D eigenvalue weighted by atomic mass is 35.5. The van der Waals surface area contributed by atoms with E-state index in [1.807, 2.05) is 6.92 Å². The molecule has 1 aliphatic rings. The summed E-state index contributed by atoms with van der Waals surface area (Å²) in [5.41, 5.74) is 0.0776. The largest absolute Gasteiger partial charge is 0.454 e. The third-order valence-electron chi connectivity index (χ3n) is 4.95. The van der Waals surface area contributed by atoms with Crippen molar-refractivity contribution in [1.29, 1.82) is 0 Å². The Labute approximate surface area is 209 Å². The maximum absolute atomic E-state index is 13.1. The molecule has 1 N–H and O–H groups in total. The molecule has 0 aliphatic carbocycles. The molecule has 1 heterocycles. The maximum atomic E-state index is 13.1. The first-order chi connectivity index (χ1) is 15.7. The molecule has 2 aromatic rings. The molecule has 2 aromatic carbocycles. The van der Waals surface area contributed by atoms with Crippen LogP contribution in [-0.4, -0.2) is 41.2 Å². The topological polar surface area (TPSA) is 92.8 Å². The molecule has 1 atom stereocenters. The second-order valence-corrected chi connectivity index (χ2v) is 8.68. The van der Waals surface area contributed by atoms with Crippen LogP contribution in [0.2, 0.25) is 20.1 Å². The zero-order valence-electron chi connectivity index (χ0n) is 17.3. The van der Waals surface area contributed by atoms with Gasteiger partial charge in [-0.05, 0) is 18.6 Å². The van der Waals surface area contributed by atoms with Gasteiger partial charge in [-0.15, -0.1) is 0 Å². The van der Waals surface area contributed by atoms with E-state index < -0.39 is 36.3 Å². The molecular formula is C22H18Cl4N2O5. The highest BCUT2D eigenvalue weighted by molar-refractivity contribution is 6.55. The minimum atomic E-state index is -1.29. The van der Waals surface area contributed by atoms with E-state index in [-0.39, 0.29) is 37.6 Å². The van der Waals surface area contributed by atoms with Crippen molar-refractivity contribution in [2.75, 3.05) is 11.9 Å². The van der Waals surface area contributed by atoms with Gasteiger partial charge in [0.15, 0.2) is 6.61 Å². The predicted molar refractivity (Wildman–Crippen MR) is 126 cm³/mol. The Morgan fingerprint density at radius 1 is 0.939 bits per heavy atom. The summed E-state index contributed by atoms with van der Waals surface area (Å²) in [7, 11) is 0. The molecule has 0 saturated carbocycles. The van der Waals surface area contributed by atoms with Gasteiger partial charge in [-0.1, -0.05) is 84.4 Å². The quantitative estimate of drug-likeness (QED) is 0.206. The minimum Gasteiger partial charge on any atom is -0.454 e. The first kappa shape index (κ1) is 25.3. The summed E-state index contributed by atoms with van der Waals surface area (Å²) >= 11 is 24.4. The van der Waals surface area contributed by atoms with Crippen LogP contribution in [0.3, 0.4) is 0 Å². The Morgan fingerprint density at radius 2 is 1.48 bits per heavy atom. The molecule has 33 heavy (non-hydrogen) atoms. The summed E-state index contributed by atoms with van der Waals surface area (Å²) in [5, 5.41) is 1.78. The molecular weight excluding hydrogens is 514 g/mol. The number of para-hydroxylation sites is 1. The third-order valence-corrected chi connectivity index (χ3v) is 6.75. The number of hydrogen-bond donors (Lipinski definition) is 1. The molecule has 0 radical (unpaired) electrons. The number of nitrogens with one attached hydrogen (secondary N) is 1. The smallest absolute Gasteiger partial charge is 0.329 e. The number of carbonyl (C=O) groups is 4. The van der Waals surface area contributed by atoms with E-state index in [2.05, 4.69) is 5.32 Å². The third kappa shape index (κ3) is 5.11. The average Bonchev–Trinajstić information content (AvgIpc) is 3.06. The van der Waals surface area contributed by atoms with Crippen molar-refractivity contribution in [3.8, 4) is 0 Å². The van der Waals surface area contributed by atoms with Gasteiger partial charge in [0.2, 0.25) is 0 Å². The Bertz CT molecular complexity index is 1080. The monoisotopic (exact) mass is 530 g/mol. The average molecular weight is 532 g/mol. The van der Waals surface area contributed by atoms with Gasteiger partial charge in [-0.3, -0.25) is 19.3 Å². The van der Waals surface area contributed by atoms with Gasteiger partial charge >= 0.3 is 5.97 Å². The fraction of sp³-hybridized carbons (Fsp3) is 0.273. The lowest BCUT2D eigenvalue weighted by Gasteiger charge is -2.24. The van der Waals surface area contributed by atoms with Gasteiger partial charge in [0.25, 0.3) is 17.7 Å². The number of benzene rings is 2. The van der Waals surface area contributed by atoms with Crippen molar-refractivity contribution in [1.82, 2.24) is 4.90 Å². The Hall–Kier alpha value is -2.32. The molecule has 1 aliphatic heterocycles. The lowest BCUT2D eigenvalue weighted by atomic mass is 10.1. The van der Waals surface area contributed by atoms with Crippen LogP contribution in [0, 0.1) is 0 Å². The van der Waals surface area contributed by atoms with Crippen LogP contribution in [0.1, 0.15) is 46.9 Å². The van der Waals surface area contributed by atoms with Crippen LogP contribution in [-0.2, 0) is 14.3 Å². The molecule has 0 unspecified atom stereocenters. The molecule has 174 valence electrons. The number of rotatable bonds is 8. The molecule has 7 nitrogen and oxygen atoms in total. The fourth-order valence-corrected chi connectivity index (χ4v) is 4.37. The summed E-state index contributed by atoms with van der Waals surface area (Å²) < 4.78 is 5.14. The molecule has 0 spiro atoms. The van der Waals surface area contributed by atoms with Gasteiger partial charge in [0.1, 0.15) is 6.04 Å². The predicted octanol–water partition coefficient (Wildman–Crippen LogP) is 5.64. The zero-order valence-corrected chi connectivity index (χ0v) is 20.3. The van der Waals surface area contributed by atoms with Gasteiger partial charge in [0, 0.05) is 5.69 Å². The molecule has 0 saturated heterocycles. The van der Waals surface area contributed by atoms with Crippen LogP contribution >= 0.6 is 46.4 Å². The lowest BCUT2D eigenvalue weighted by Crippen LogP contribution is -2.46. The number of halogens is 4. The van der Waals surface area contributed by atoms with Crippen molar-refractivity contribution >= 4 is 75.8 Å². The highest BCUT2D eigenvalue weighted by Gasteiger charge is 2.47. The molecule has 11 heteroatoms. The van der Waals surface area contributed by atoms with Gasteiger partial charge in [-0.2, -0.15) is 0 Å². The summed E-state index contributed by atoms with van der Waals surface area (Å²) in [5.74, 6) is -3.17. The van der Waals surface area contributed by atoms with Crippen molar-refractivity contribution in [2.45, 2.75) is 32.2 Å². The molecule has 3 amide bonds. The number of hydrogen-bond acceptors (Lipinski definition) is 5. The van der Waals surface area contributed by atoms with E-state index in [1.165, 1.54) is 0 Å². The SMILES string of the molecule is CCCC[C@H](C(=O)OCC(=O)Nc1ccccc1)N1C(=O)c2c(Cl)c(Cl)c(Cl)c(Cl)c2C1=O. The van der Waals surface area contributed by atoms with E-state index in [4.69, 9.17) is 51.1 Å². The maximum Gasteiger partial charge on any atom is 0.329 e. The second-order valence-electron chi connectivity index (χ2n) is 7.17. The first-order valence-electron chi connectivity index (χ1n) is 9.94. The summed E-state index contributed by atoms with van der Waals surface area (Å²) in [6.45, 7) is 1.28. The number of nitrogens with zero attached hydrogens (tertiary/aromatic N) is 1. The van der Waals surface area contributed by atoms with Crippen LogP contribution in [0.25, 0.3) is 0 Å². The lowest BCUT2D eigenvalue weighted by molar-refractivity contribution is -0.151. The summed E-state index contributed by atoms with van der Waals surface area (Å²) in [4.78, 5) is 52.0. The van der Waals surface area contributed by atoms with E-state index in [1.54, 1.807) is 30.3 Å². The number of esters is 1. The Balaban J connectivity index is 1.82. The number of unbranched alkanes of at least 4 members (excludes halogenated alkanes) is 1. The molecule has 0 aromatic heterocycles. The number of amides is 3. The molecule has 0 bridgehead atoms. The van der Waals surface area contributed by atoms with E-state index in [0.717, 1.165) is 4.90 Å². The summed E-state index contributed by atoms with van der Waals surface area (Å²) in [6, 6.07) is 7.32. The standard InChI is InChI=1S/C22H18Cl4N2O5/c1-2-3-9-12(22(32)33-10-13(29)27-11-7-5-4-6-8-11)28-20(30)14-15(21(28)31)17(24)19(26)18(25)16(14)23/h4-8,12H,2-3,9-10H2,1H3,(H,27,29)/t12-/m1/s1. The first-order valence-corrected chi connectivity index (χ1v) is 11.5. The Morgan fingerprint density at radius 3 is 2.00 bits per heavy atom. The molecule has 3 rings (SSSR count). The number of fused-ring (bicyclic) bond motifs is 1. The number of imide groups is 1. The Kier molecular flexibility index (Phi) is 8.23. The van der Waals surface area contributed by atoms with Gasteiger partial charge in [0.05, 0.1) is 31.2 Å². The van der Waals surface area contributed by atoms with Crippen LogP contribution in [0.5, 0.6) is 0 Å². The number of anilines is 1.